The first kappa shape index (κ1) is 19.2. The van der Waals surface area contributed by atoms with Gasteiger partial charge in [0.2, 0.25) is 0 Å². The third-order valence-electron chi connectivity index (χ3n) is 2.72. The van der Waals surface area contributed by atoms with Gasteiger partial charge in [0.05, 0.1) is 19.6 Å². The molecule has 0 aliphatic carbocycles. The number of hydrogen-bond donors (Lipinski definition) is 0. The van der Waals surface area contributed by atoms with Crippen molar-refractivity contribution >= 4 is 24.0 Å². The first-order valence-corrected chi connectivity index (χ1v) is 7.27. The zero-order valence-corrected chi connectivity index (χ0v) is 13.9. The highest BCUT2D eigenvalue weighted by Crippen LogP contribution is 2.15. The van der Waals surface area contributed by atoms with Crippen molar-refractivity contribution in [2.75, 3.05) is 7.11 Å². The van der Waals surface area contributed by atoms with E-state index in [0.717, 1.165) is 5.56 Å². The molecular weight excluding hydrogens is 312 g/mol. The summed E-state index contributed by atoms with van der Waals surface area (Å²) >= 11 is 0. The molecule has 0 aliphatic rings. The number of carbonyl (C=O) groups excluding carboxylic acids is 3. The van der Waals surface area contributed by atoms with Crippen molar-refractivity contribution in [3.05, 3.63) is 48.1 Å². The molecule has 0 spiro atoms. The molecular formula is C18H20O6. The Morgan fingerprint density at radius 3 is 2.33 bits per heavy atom. The van der Waals surface area contributed by atoms with Gasteiger partial charge in [-0.3, -0.25) is 4.79 Å². The van der Waals surface area contributed by atoms with Crippen LogP contribution in [-0.4, -0.2) is 31.1 Å². The van der Waals surface area contributed by atoms with Gasteiger partial charge in [0.25, 0.3) is 0 Å². The second-order valence-corrected chi connectivity index (χ2v) is 5.13. The molecule has 128 valence electrons. The second-order valence-electron chi connectivity index (χ2n) is 5.13. The van der Waals surface area contributed by atoms with Crippen LogP contribution in [0.5, 0.6) is 5.75 Å². The summed E-state index contributed by atoms with van der Waals surface area (Å²) in [5.74, 6) is -1.40. The van der Waals surface area contributed by atoms with Crippen LogP contribution in [-0.2, 0) is 23.9 Å². The van der Waals surface area contributed by atoms with Crippen LogP contribution in [0.1, 0.15) is 25.8 Å². The zero-order valence-electron chi connectivity index (χ0n) is 13.9. The molecule has 1 rings (SSSR count). The quantitative estimate of drug-likeness (QED) is 0.434. The smallest absolute Gasteiger partial charge is 0.339 e. The molecule has 1 aromatic carbocycles. The Labute approximate surface area is 140 Å². The summed E-state index contributed by atoms with van der Waals surface area (Å²) in [7, 11) is 1.29. The van der Waals surface area contributed by atoms with E-state index in [4.69, 9.17) is 9.47 Å². The minimum Gasteiger partial charge on any atom is -0.466 e. The molecule has 0 atom stereocenters. The minimum atomic E-state index is -0.700. The van der Waals surface area contributed by atoms with Crippen LogP contribution >= 0.6 is 0 Å². The van der Waals surface area contributed by atoms with E-state index in [2.05, 4.69) is 11.3 Å². The van der Waals surface area contributed by atoms with Crippen LogP contribution in [0.3, 0.4) is 0 Å². The fraction of sp³-hybridized carbons (Fsp3) is 0.278. The number of carbonyl (C=O) groups is 3. The van der Waals surface area contributed by atoms with Gasteiger partial charge in [-0.05, 0) is 37.6 Å². The van der Waals surface area contributed by atoms with Crippen molar-refractivity contribution in [1.82, 2.24) is 0 Å². The normalized spacial score (nSPS) is 10.5. The molecule has 0 fully saturated rings. The fourth-order valence-electron chi connectivity index (χ4n) is 1.61. The predicted octanol–water partition coefficient (Wildman–Crippen LogP) is 2.68. The fourth-order valence-corrected chi connectivity index (χ4v) is 1.61. The van der Waals surface area contributed by atoms with Crippen LogP contribution < -0.4 is 4.74 Å². The van der Waals surface area contributed by atoms with Crippen molar-refractivity contribution in [2.45, 2.75) is 26.4 Å². The molecule has 0 heterocycles. The maximum Gasteiger partial charge on any atom is 0.339 e. The maximum absolute atomic E-state index is 11.9. The number of ether oxygens (including phenoxy) is 3. The Morgan fingerprint density at radius 1 is 1.17 bits per heavy atom. The van der Waals surface area contributed by atoms with Gasteiger partial charge >= 0.3 is 17.9 Å². The average Bonchev–Trinajstić information content (AvgIpc) is 2.52. The van der Waals surface area contributed by atoms with Gasteiger partial charge in [-0.1, -0.05) is 18.7 Å². The number of rotatable bonds is 7. The van der Waals surface area contributed by atoms with E-state index >= 15 is 0 Å². The maximum atomic E-state index is 11.9. The van der Waals surface area contributed by atoms with E-state index in [-0.39, 0.29) is 18.1 Å². The molecule has 6 nitrogen and oxygen atoms in total. The molecule has 0 saturated heterocycles. The average molecular weight is 332 g/mol. The zero-order chi connectivity index (χ0) is 18.1. The molecule has 24 heavy (non-hydrogen) atoms. The topological polar surface area (TPSA) is 78.9 Å². The molecule has 0 radical (unpaired) electrons. The summed E-state index contributed by atoms with van der Waals surface area (Å²) in [5.41, 5.74) is 0.745. The second kappa shape index (κ2) is 9.29. The lowest BCUT2D eigenvalue weighted by atomic mass is 10.2. The van der Waals surface area contributed by atoms with Crippen molar-refractivity contribution in [2.24, 2.45) is 0 Å². The Bertz CT molecular complexity index is 640. The largest absolute Gasteiger partial charge is 0.466 e. The van der Waals surface area contributed by atoms with Gasteiger partial charge < -0.3 is 14.2 Å². The molecule has 0 unspecified atom stereocenters. The van der Waals surface area contributed by atoms with Crippen LogP contribution in [0, 0.1) is 0 Å². The van der Waals surface area contributed by atoms with E-state index in [1.165, 1.54) is 13.2 Å². The lowest BCUT2D eigenvalue weighted by Crippen LogP contribution is -2.17. The van der Waals surface area contributed by atoms with Gasteiger partial charge in [-0.15, -0.1) is 0 Å². The van der Waals surface area contributed by atoms with Crippen molar-refractivity contribution in [3.63, 3.8) is 0 Å². The van der Waals surface area contributed by atoms with Crippen molar-refractivity contribution in [1.29, 1.82) is 0 Å². The lowest BCUT2D eigenvalue weighted by Gasteiger charge is -2.09. The van der Waals surface area contributed by atoms with Crippen molar-refractivity contribution < 1.29 is 28.6 Å². The summed E-state index contributed by atoms with van der Waals surface area (Å²) in [6, 6.07) is 6.46. The molecule has 0 N–H and O–H groups in total. The highest BCUT2D eigenvalue weighted by molar-refractivity contribution is 5.94. The number of methoxy groups -OCH3 is 1. The lowest BCUT2D eigenvalue weighted by molar-refractivity contribution is -0.147. The predicted molar refractivity (Wildman–Crippen MR) is 88.1 cm³/mol. The van der Waals surface area contributed by atoms with Crippen LogP contribution in [0.15, 0.2) is 42.5 Å². The van der Waals surface area contributed by atoms with Gasteiger partial charge in [-0.25, -0.2) is 9.59 Å². The molecule has 0 bridgehead atoms. The highest BCUT2D eigenvalue weighted by Gasteiger charge is 2.15. The highest BCUT2D eigenvalue weighted by atomic mass is 16.5. The molecule has 0 aromatic heterocycles. The molecule has 6 heteroatoms. The molecule has 1 aromatic rings. The molecule has 0 amide bonds. The van der Waals surface area contributed by atoms with Crippen molar-refractivity contribution in [3.8, 4) is 5.75 Å². The first-order valence-electron chi connectivity index (χ1n) is 7.27. The van der Waals surface area contributed by atoms with Crippen LogP contribution in [0.4, 0.5) is 0 Å². The monoisotopic (exact) mass is 332 g/mol. The van der Waals surface area contributed by atoms with E-state index in [9.17, 15) is 14.4 Å². The van der Waals surface area contributed by atoms with Gasteiger partial charge in [0.15, 0.2) is 0 Å². The number of benzene rings is 1. The summed E-state index contributed by atoms with van der Waals surface area (Å²) in [6.07, 6.45) is 2.37. The number of esters is 3. The van der Waals surface area contributed by atoms with E-state index in [0.29, 0.717) is 5.75 Å². The third-order valence-corrected chi connectivity index (χ3v) is 2.72. The first-order chi connectivity index (χ1) is 11.3. The number of hydrogen-bond acceptors (Lipinski definition) is 6. The third kappa shape index (κ3) is 6.91. The SMILES string of the molecule is C=C(CC(=O)OC(C)C)C(=O)Oc1ccc(C=CC(=O)OC)cc1. The van der Waals surface area contributed by atoms with E-state index in [1.54, 1.807) is 44.2 Å². The molecule has 0 aliphatic heterocycles. The minimum absolute atomic E-state index is 0.00955. The van der Waals surface area contributed by atoms with Gasteiger partial charge in [0, 0.05) is 11.6 Å². The standard InChI is InChI=1S/C18H20O6/c1-12(2)23-17(20)11-13(3)18(21)24-15-8-5-14(6-9-15)7-10-16(19)22-4/h5-10,12H,3,11H2,1-2,4H3. The summed E-state index contributed by atoms with van der Waals surface area (Å²) in [6.45, 7) is 6.97. The van der Waals surface area contributed by atoms with Crippen LogP contribution in [0.25, 0.3) is 6.08 Å². The van der Waals surface area contributed by atoms with Gasteiger partial charge in [-0.2, -0.15) is 0 Å². The Balaban J connectivity index is 2.58. The Hall–Kier alpha value is -2.89. The Kier molecular flexibility index (Phi) is 7.42. The van der Waals surface area contributed by atoms with Crippen LogP contribution in [0.2, 0.25) is 0 Å². The Morgan fingerprint density at radius 2 is 1.79 bits per heavy atom. The summed E-state index contributed by atoms with van der Waals surface area (Å²) in [5, 5.41) is 0. The van der Waals surface area contributed by atoms with E-state index < -0.39 is 17.9 Å². The summed E-state index contributed by atoms with van der Waals surface area (Å²) < 4.78 is 14.5. The summed E-state index contributed by atoms with van der Waals surface area (Å²) in [4.78, 5) is 34.4. The van der Waals surface area contributed by atoms with E-state index in [1.807, 2.05) is 0 Å². The molecule has 0 saturated carbocycles. The van der Waals surface area contributed by atoms with Gasteiger partial charge in [0.1, 0.15) is 5.75 Å².